The molecule has 2 N–H and O–H groups in total. The van der Waals surface area contributed by atoms with Crippen LogP contribution in [0.15, 0.2) is 24.3 Å². The minimum Gasteiger partial charge on any atom is -0.380 e. The summed E-state index contributed by atoms with van der Waals surface area (Å²) >= 11 is 0. The van der Waals surface area contributed by atoms with Gasteiger partial charge in [0.25, 0.3) is 0 Å². The van der Waals surface area contributed by atoms with E-state index in [4.69, 9.17) is 15.2 Å². The molecule has 1 saturated heterocycles. The fourth-order valence-corrected chi connectivity index (χ4v) is 2.73. The van der Waals surface area contributed by atoms with Crippen molar-refractivity contribution in [1.29, 1.82) is 0 Å². The highest BCUT2D eigenvalue weighted by atomic mass is 16.5. The van der Waals surface area contributed by atoms with Crippen molar-refractivity contribution in [2.75, 3.05) is 33.9 Å². The fourth-order valence-electron chi connectivity index (χ4n) is 2.73. The Kier molecular flexibility index (Phi) is 5.34. The van der Waals surface area contributed by atoms with Crippen LogP contribution in [0.2, 0.25) is 0 Å². The van der Waals surface area contributed by atoms with E-state index < -0.39 is 0 Å². The van der Waals surface area contributed by atoms with Crippen LogP contribution in [0.3, 0.4) is 0 Å². The Morgan fingerprint density at radius 3 is 2.58 bits per heavy atom. The van der Waals surface area contributed by atoms with Gasteiger partial charge < -0.3 is 15.2 Å². The third-order valence-electron chi connectivity index (χ3n) is 3.85. The van der Waals surface area contributed by atoms with Crippen LogP contribution in [-0.4, -0.2) is 44.9 Å². The average molecular weight is 264 g/mol. The Morgan fingerprint density at radius 1 is 1.32 bits per heavy atom. The lowest BCUT2D eigenvalue weighted by Crippen LogP contribution is -2.32. The van der Waals surface area contributed by atoms with Gasteiger partial charge >= 0.3 is 0 Å². The highest BCUT2D eigenvalue weighted by Gasteiger charge is 2.28. The second-order valence-corrected chi connectivity index (χ2v) is 5.07. The molecule has 0 saturated carbocycles. The number of nitrogens with two attached hydrogens (primary N) is 1. The first-order valence-corrected chi connectivity index (χ1v) is 6.83. The highest BCUT2D eigenvalue weighted by molar-refractivity contribution is 5.25. The normalized spacial score (nSPS) is 21.7. The molecule has 0 spiro atoms. The summed E-state index contributed by atoms with van der Waals surface area (Å²) in [6.45, 7) is 3.32. The highest BCUT2D eigenvalue weighted by Crippen LogP contribution is 2.25. The zero-order chi connectivity index (χ0) is 13.7. The van der Waals surface area contributed by atoms with Crippen molar-refractivity contribution in [3.63, 3.8) is 0 Å². The summed E-state index contributed by atoms with van der Waals surface area (Å²) in [6, 6.07) is 8.84. The maximum absolute atomic E-state index is 5.96. The molecule has 1 aromatic carbocycles. The Morgan fingerprint density at radius 2 is 2.05 bits per heavy atom. The van der Waals surface area contributed by atoms with Crippen LogP contribution in [0.4, 0.5) is 0 Å². The molecular formula is C15H24N2O2. The summed E-state index contributed by atoms with van der Waals surface area (Å²) in [6.07, 6.45) is 1.44. The lowest BCUT2D eigenvalue weighted by atomic mass is 10.0. The Hall–Kier alpha value is -0.940. The third kappa shape index (κ3) is 3.54. The van der Waals surface area contributed by atoms with E-state index in [9.17, 15) is 0 Å². The molecule has 0 aliphatic carbocycles. The molecule has 19 heavy (non-hydrogen) atoms. The monoisotopic (exact) mass is 264 g/mol. The minimum atomic E-state index is 0.289. The molecule has 4 nitrogen and oxygen atoms in total. The summed E-state index contributed by atoms with van der Waals surface area (Å²) < 4.78 is 10.6. The van der Waals surface area contributed by atoms with E-state index in [1.54, 1.807) is 14.2 Å². The van der Waals surface area contributed by atoms with Crippen LogP contribution in [0, 0.1) is 0 Å². The quantitative estimate of drug-likeness (QED) is 0.847. The zero-order valence-electron chi connectivity index (χ0n) is 11.8. The molecule has 2 atom stereocenters. The van der Waals surface area contributed by atoms with Gasteiger partial charge in [0.2, 0.25) is 0 Å². The Balaban J connectivity index is 2.04. The largest absolute Gasteiger partial charge is 0.380 e. The van der Waals surface area contributed by atoms with Crippen LogP contribution in [0.5, 0.6) is 0 Å². The summed E-state index contributed by atoms with van der Waals surface area (Å²) in [5, 5.41) is 0. The van der Waals surface area contributed by atoms with E-state index in [2.05, 4.69) is 29.2 Å². The van der Waals surface area contributed by atoms with Crippen molar-refractivity contribution in [3.05, 3.63) is 35.4 Å². The number of methoxy groups -OCH3 is 2. The van der Waals surface area contributed by atoms with Crippen molar-refractivity contribution >= 4 is 0 Å². The molecular weight excluding hydrogens is 240 g/mol. The summed E-state index contributed by atoms with van der Waals surface area (Å²) in [7, 11) is 3.50. The van der Waals surface area contributed by atoms with Gasteiger partial charge in [-0.15, -0.1) is 0 Å². The molecule has 1 aliphatic heterocycles. The third-order valence-corrected chi connectivity index (χ3v) is 3.85. The first-order chi connectivity index (χ1) is 9.28. The van der Waals surface area contributed by atoms with Crippen LogP contribution in [0.1, 0.15) is 23.6 Å². The number of hydrogen-bond acceptors (Lipinski definition) is 4. The summed E-state index contributed by atoms with van der Waals surface area (Å²) in [5.74, 6) is 0. The van der Waals surface area contributed by atoms with Gasteiger partial charge in [0.1, 0.15) is 0 Å². The molecule has 1 fully saturated rings. The Labute approximate surface area is 115 Å². The van der Waals surface area contributed by atoms with Crippen molar-refractivity contribution in [2.45, 2.75) is 25.2 Å². The average Bonchev–Trinajstić information content (AvgIpc) is 2.91. The maximum Gasteiger partial charge on any atom is 0.0713 e. The van der Waals surface area contributed by atoms with Crippen LogP contribution < -0.4 is 5.73 Å². The lowest BCUT2D eigenvalue weighted by Gasteiger charge is -2.27. The van der Waals surface area contributed by atoms with E-state index in [0.717, 1.165) is 19.5 Å². The van der Waals surface area contributed by atoms with E-state index in [1.807, 2.05) is 0 Å². The Bertz CT molecular complexity index is 380. The van der Waals surface area contributed by atoms with Crippen molar-refractivity contribution in [1.82, 2.24) is 4.90 Å². The second kappa shape index (κ2) is 7.01. The molecule has 1 aromatic rings. The smallest absolute Gasteiger partial charge is 0.0713 e. The summed E-state index contributed by atoms with van der Waals surface area (Å²) in [5.41, 5.74) is 8.43. The molecule has 2 unspecified atom stereocenters. The number of hydrogen-bond donors (Lipinski definition) is 1. The van der Waals surface area contributed by atoms with Gasteiger partial charge in [-0.25, -0.2) is 0 Å². The van der Waals surface area contributed by atoms with Gasteiger partial charge in [0, 0.05) is 39.9 Å². The van der Waals surface area contributed by atoms with Crippen LogP contribution in [0.25, 0.3) is 0 Å². The molecule has 0 amide bonds. The van der Waals surface area contributed by atoms with E-state index in [0.29, 0.717) is 19.3 Å². The second-order valence-electron chi connectivity index (χ2n) is 5.07. The molecule has 1 heterocycles. The number of likely N-dealkylation sites (tertiary alicyclic amines) is 1. The standard InChI is InChI=1S/C15H24N2O2/c1-18-11-12-3-5-13(6-4-12)15(9-16)17-8-7-14(10-17)19-2/h3-6,14-15H,7-11,16H2,1-2H3. The molecule has 106 valence electrons. The first-order valence-electron chi connectivity index (χ1n) is 6.83. The predicted molar refractivity (Wildman–Crippen MR) is 75.9 cm³/mol. The fraction of sp³-hybridized carbons (Fsp3) is 0.600. The van der Waals surface area contributed by atoms with Crippen molar-refractivity contribution < 1.29 is 9.47 Å². The van der Waals surface area contributed by atoms with Crippen LogP contribution >= 0.6 is 0 Å². The molecule has 0 radical (unpaired) electrons. The maximum atomic E-state index is 5.96. The van der Waals surface area contributed by atoms with Crippen molar-refractivity contribution in [3.8, 4) is 0 Å². The first kappa shape index (κ1) is 14.5. The molecule has 0 aromatic heterocycles. The SMILES string of the molecule is COCc1ccc(C(CN)N2CCC(OC)C2)cc1. The van der Waals surface area contributed by atoms with Gasteiger partial charge in [0.05, 0.1) is 12.7 Å². The van der Waals surface area contributed by atoms with E-state index >= 15 is 0 Å². The molecule has 0 bridgehead atoms. The number of rotatable bonds is 6. The lowest BCUT2D eigenvalue weighted by molar-refractivity contribution is 0.101. The van der Waals surface area contributed by atoms with Gasteiger partial charge in [-0.05, 0) is 17.5 Å². The van der Waals surface area contributed by atoms with Gasteiger partial charge in [-0.2, -0.15) is 0 Å². The topological polar surface area (TPSA) is 47.7 Å². The molecule has 4 heteroatoms. The van der Waals surface area contributed by atoms with Gasteiger partial charge in [-0.3, -0.25) is 4.90 Å². The predicted octanol–water partition coefficient (Wildman–Crippen LogP) is 1.55. The number of nitrogens with zero attached hydrogens (tertiary/aromatic N) is 1. The van der Waals surface area contributed by atoms with Gasteiger partial charge in [0.15, 0.2) is 0 Å². The molecule has 2 rings (SSSR count). The molecule has 1 aliphatic rings. The van der Waals surface area contributed by atoms with Gasteiger partial charge in [-0.1, -0.05) is 24.3 Å². The summed E-state index contributed by atoms with van der Waals surface area (Å²) in [4.78, 5) is 2.42. The van der Waals surface area contributed by atoms with E-state index in [1.165, 1.54) is 11.1 Å². The minimum absolute atomic E-state index is 0.289. The van der Waals surface area contributed by atoms with Crippen molar-refractivity contribution in [2.24, 2.45) is 5.73 Å². The van der Waals surface area contributed by atoms with E-state index in [-0.39, 0.29) is 6.04 Å². The number of ether oxygens (including phenoxy) is 2. The van der Waals surface area contributed by atoms with Crippen LogP contribution in [-0.2, 0) is 16.1 Å². The number of benzene rings is 1. The zero-order valence-corrected chi connectivity index (χ0v) is 11.8.